The highest BCUT2D eigenvalue weighted by atomic mass is 16.6. The smallest absolute Gasteiger partial charge is 0.306 e. The van der Waals surface area contributed by atoms with E-state index < -0.39 is 6.10 Å². The summed E-state index contributed by atoms with van der Waals surface area (Å²) < 4.78 is 16.9. The van der Waals surface area contributed by atoms with Crippen LogP contribution in [-0.4, -0.2) is 37.2 Å². The maximum Gasteiger partial charge on any atom is 0.306 e. The van der Waals surface area contributed by atoms with Gasteiger partial charge in [-0.2, -0.15) is 0 Å². The Morgan fingerprint density at radius 3 is 0.597 bits per heavy atom. The molecular formula is C61H118O6. The van der Waals surface area contributed by atoms with Crippen LogP contribution in [0.15, 0.2) is 0 Å². The molecule has 0 rings (SSSR count). The zero-order chi connectivity index (χ0) is 48.6. The normalized spacial score (nSPS) is 11.9. The predicted molar refractivity (Wildman–Crippen MR) is 289 cm³/mol. The number of hydrogen-bond donors (Lipinski definition) is 0. The van der Waals surface area contributed by atoms with Gasteiger partial charge in [0.05, 0.1) is 0 Å². The summed E-state index contributed by atoms with van der Waals surface area (Å²) in [5.41, 5.74) is 0. The zero-order valence-corrected chi connectivity index (χ0v) is 45.7. The fourth-order valence-corrected chi connectivity index (χ4v) is 9.51. The summed E-state index contributed by atoms with van der Waals surface area (Å²) in [4.78, 5) is 38.1. The lowest BCUT2D eigenvalue weighted by Crippen LogP contribution is -2.30. The molecule has 6 nitrogen and oxygen atoms in total. The molecule has 0 fully saturated rings. The Kier molecular flexibility index (Phi) is 55.6. The minimum Gasteiger partial charge on any atom is -0.462 e. The van der Waals surface area contributed by atoms with Crippen molar-refractivity contribution in [3.05, 3.63) is 0 Å². The molecule has 6 heteroatoms. The molecule has 1 atom stereocenters. The van der Waals surface area contributed by atoms with Gasteiger partial charge in [0.2, 0.25) is 0 Å². The second kappa shape index (κ2) is 57.0. The van der Waals surface area contributed by atoms with E-state index in [0.29, 0.717) is 19.3 Å². The number of esters is 3. The maximum atomic E-state index is 12.8. The van der Waals surface area contributed by atoms with E-state index in [1.54, 1.807) is 0 Å². The predicted octanol–water partition coefficient (Wildman–Crippen LogP) is 20.3. The first kappa shape index (κ1) is 65.4. The average Bonchev–Trinajstić information content (AvgIpc) is 3.33. The van der Waals surface area contributed by atoms with Crippen LogP contribution in [0, 0.1) is 0 Å². The van der Waals surface area contributed by atoms with E-state index in [4.69, 9.17) is 14.2 Å². The minimum atomic E-state index is -0.760. The Morgan fingerprint density at radius 1 is 0.239 bits per heavy atom. The van der Waals surface area contributed by atoms with E-state index in [1.807, 2.05) is 0 Å². The summed E-state index contributed by atoms with van der Waals surface area (Å²) in [7, 11) is 0. The molecular weight excluding hydrogens is 829 g/mol. The highest BCUT2D eigenvalue weighted by molar-refractivity contribution is 5.71. The molecule has 0 N–H and O–H groups in total. The lowest BCUT2D eigenvalue weighted by molar-refractivity contribution is -0.167. The van der Waals surface area contributed by atoms with E-state index in [1.165, 1.54) is 257 Å². The second-order valence-corrected chi connectivity index (χ2v) is 21.0. The number of rotatable bonds is 57. The van der Waals surface area contributed by atoms with Crippen molar-refractivity contribution in [1.82, 2.24) is 0 Å². The van der Waals surface area contributed by atoms with Crippen molar-refractivity contribution in [2.75, 3.05) is 13.2 Å². The van der Waals surface area contributed by atoms with E-state index in [0.717, 1.165) is 57.8 Å². The van der Waals surface area contributed by atoms with E-state index >= 15 is 0 Å². The zero-order valence-electron chi connectivity index (χ0n) is 45.7. The molecule has 0 saturated heterocycles. The van der Waals surface area contributed by atoms with Gasteiger partial charge in [-0.1, -0.05) is 316 Å². The molecule has 398 valence electrons. The number of ether oxygens (including phenoxy) is 3. The number of carbonyl (C=O) groups is 3. The summed E-state index contributed by atoms with van der Waals surface area (Å²) >= 11 is 0. The monoisotopic (exact) mass is 947 g/mol. The Hall–Kier alpha value is -1.59. The third-order valence-electron chi connectivity index (χ3n) is 14.1. The molecule has 0 saturated carbocycles. The number of unbranched alkanes of at least 4 members (excludes halogenated alkanes) is 46. The van der Waals surface area contributed by atoms with Gasteiger partial charge in [-0.05, 0) is 19.3 Å². The van der Waals surface area contributed by atoms with E-state index in [9.17, 15) is 14.4 Å². The Balaban J connectivity index is 4.11. The topological polar surface area (TPSA) is 78.9 Å². The highest BCUT2D eigenvalue weighted by Crippen LogP contribution is 2.18. The fourth-order valence-electron chi connectivity index (χ4n) is 9.51. The van der Waals surface area contributed by atoms with Crippen molar-refractivity contribution < 1.29 is 28.6 Å². The Bertz CT molecular complexity index is 998. The molecule has 0 aliphatic carbocycles. The molecule has 1 unspecified atom stereocenters. The van der Waals surface area contributed by atoms with Crippen LogP contribution in [0.4, 0.5) is 0 Å². The summed E-state index contributed by atoms with van der Waals surface area (Å²) in [5, 5.41) is 0. The van der Waals surface area contributed by atoms with Gasteiger partial charge in [-0.15, -0.1) is 0 Å². The van der Waals surface area contributed by atoms with Crippen LogP contribution in [0.1, 0.15) is 355 Å². The lowest BCUT2D eigenvalue weighted by atomic mass is 10.0. The SMILES string of the molecule is CCCCCCCCCCCCCCCCCCCCCCCCCCCC(=O)OCC(COC(=O)CCCCCCCCCCCC)OC(=O)CCCCCCCCCCCCCCCC. The number of carbonyl (C=O) groups excluding carboxylic acids is 3. The summed E-state index contributed by atoms with van der Waals surface area (Å²) in [6.07, 6.45) is 64.0. The Morgan fingerprint density at radius 2 is 0.403 bits per heavy atom. The number of hydrogen-bond acceptors (Lipinski definition) is 6. The molecule has 0 aliphatic rings. The molecule has 0 aromatic rings. The van der Waals surface area contributed by atoms with Crippen LogP contribution in [0.25, 0.3) is 0 Å². The van der Waals surface area contributed by atoms with E-state index in [2.05, 4.69) is 20.8 Å². The molecule has 0 aromatic heterocycles. The first-order valence-electron chi connectivity index (χ1n) is 30.5. The molecule has 0 aromatic carbocycles. The summed E-state index contributed by atoms with van der Waals surface area (Å²) in [5.74, 6) is -0.834. The third-order valence-corrected chi connectivity index (χ3v) is 14.1. The lowest BCUT2D eigenvalue weighted by Gasteiger charge is -2.18. The van der Waals surface area contributed by atoms with Crippen molar-refractivity contribution in [3.8, 4) is 0 Å². The van der Waals surface area contributed by atoms with Crippen LogP contribution in [-0.2, 0) is 28.6 Å². The molecule has 0 aliphatic heterocycles. The van der Waals surface area contributed by atoms with Gasteiger partial charge < -0.3 is 14.2 Å². The van der Waals surface area contributed by atoms with Crippen LogP contribution < -0.4 is 0 Å². The van der Waals surface area contributed by atoms with Crippen LogP contribution in [0.2, 0.25) is 0 Å². The summed E-state index contributed by atoms with van der Waals surface area (Å²) in [6.45, 7) is 6.70. The van der Waals surface area contributed by atoms with Crippen molar-refractivity contribution >= 4 is 17.9 Å². The van der Waals surface area contributed by atoms with Gasteiger partial charge in [0.25, 0.3) is 0 Å². The third kappa shape index (κ3) is 55.2. The molecule has 0 amide bonds. The molecule has 0 bridgehead atoms. The van der Waals surface area contributed by atoms with Crippen molar-refractivity contribution in [2.45, 2.75) is 361 Å². The van der Waals surface area contributed by atoms with Crippen LogP contribution >= 0.6 is 0 Å². The summed E-state index contributed by atoms with van der Waals surface area (Å²) in [6, 6.07) is 0. The van der Waals surface area contributed by atoms with Crippen LogP contribution in [0.3, 0.4) is 0 Å². The first-order valence-corrected chi connectivity index (χ1v) is 30.5. The maximum absolute atomic E-state index is 12.8. The largest absolute Gasteiger partial charge is 0.462 e. The molecule has 0 radical (unpaired) electrons. The molecule has 67 heavy (non-hydrogen) atoms. The molecule has 0 heterocycles. The minimum absolute atomic E-state index is 0.0612. The highest BCUT2D eigenvalue weighted by Gasteiger charge is 2.19. The van der Waals surface area contributed by atoms with Gasteiger partial charge in [-0.3, -0.25) is 14.4 Å². The van der Waals surface area contributed by atoms with Gasteiger partial charge in [0.1, 0.15) is 13.2 Å². The standard InChI is InChI=1S/C61H118O6/c1-4-7-10-13-16-19-22-24-26-27-28-29-30-31-32-33-34-35-36-38-39-42-45-48-51-54-60(63)66-57-58(56-65-59(62)53-50-47-44-41-21-18-15-12-9-6-3)67-61(64)55-52-49-46-43-40-37-25-23-20-17-14-11-8-5-2/h58H,4-57H2,1-3H3. The van der Waals surface area contributed by atoms with Crippen LogP contribution in [0.5, 0.6) is 0 Å². The van der Waals surface area contributed by atoms with Gasteiger partial charge >= 0.3 is 17.9 Å². The fraction of sp³-hybridized carbons (Fsp3) is 0.951. The van der Waals surface area contributed by atoms with Gasteiger partial charge in [-0.25, -0.2) is 0 Å². The average molecular weight is 948 g/mol. The first-order chi connectivity index (χ1) is 33.0. The van der Waals surface area contributed by atoms with Gasteiger partial charge in [0, 0.05) is 19.3 Å². The van der Waals surface area contributed by atoms with E-state index in [-0.39, 0.29) is 31.1 Å². The van der Waals surface area contributed by atoms with Crippen molar-refractivity contribution in [1.29, 1.82) is 0 Å². The molecule has 0 spiro atoms. The van der Waals surface area contributed by atoms with Crippen molar-refractivity contribution in [2.24, 2.45) is 0 Å². The second-order valence-electron chi connectivity index (χ2n) is 21.0. The Labute approximate surface area is 418 Å². The quantitative estimate of drug-likeness (QED) is 0.0343. The van der Waals surface area contributed by atoms with Crippen molar-refractivity contribution in [3.63, 3.8) is 0 Å². The van der Waals surface area contributed by atoms with Gasteiger partial charge in [0.15, 0.2) is 6.10 Å².